The molecule has 0 spiro atoms. The largest absolute Gasteiger partial charge is 0.359 e. The van der Waals surface area contributed by atoms with Gasteiger partial charge in [-0.25, -0.2) is 4.98 Å². The number of H-pyrrole nitrogens is 2. The van der Waals surface area contributed by atoms with Crippen LogP contribution in [0.2, 0.25) is 0 Å². The van der Waals surface area contributed by atoms with Gasteiger partial charge < -0.3 is 10.3 Å². The summed E-state index contributed by atoms with van der Waals surface area (Å²) in [4.78, 5) is 24.3. The molecule has 0 atom stereocenters. The van der Waals surface area contributed by atoms with Crippen molar-refractivity contribution in [3.63, 3.8) is 0 Å². The first-order valence-electron chi connectivity index (χ1n) is 3.42. The van der Waals surface area contributed by atoms with Gasteiger partial charge in [-0.15, -0.1) is 37.2 Å². The molecule has 0 saturated carbocycles. The molecule has 86 valence electrons. The van der Waals surface area contributed by atoms with Crippen molar-refractivity contribution in [2.75, 3.05) is 12.4 Å². The lowest BCUT2D eigenvalue weighted by atomic mass is 10.5. The summed E-state index contributed by atoms with van der Waals surface area (Å²) in [7, 11) is 1.68. The topological polar surface area (TPSA) is 86.5 Å². The van der Waals surface area contributed by atoms with Crippen molar-refractivity contribution < 1.29 is 0 Å². The molecule has 0 amide bonds. The minimum absolute atomic E-state index is 0. The van der Waals surface area contributed by atoms with Gasteiger partial charge in [-0.1, -0.05) is 0 Å². The number of imidazole rings is 1. The predicted molar refractivity (Wildman–Crippen MR) is 65.8 cm³/mol. The van der Waals surface area contributed by atoms with Crippen LogP contribution in [0.15, 0.2) is 11.1 Å². The average molecular weight is 275 g/mol. The van der Waals surface area contributed by atoms with E-state index in [9.17, 15) is 4.79 Å². The Morgan fingerprint density at radius 2 is 2.00 bits per heavy atom. The fourth-order valence-corrected chi connectivity index (χ4v) is 0.961. The highest BCUT2D eigenvalue weighted by Gasteiger charge is 2.03. The fourth-order valence-electron chi connectivity index (χ4n) is 0.961. The molecule has 9 heteroatoms. The Bertz CT molecular complexity index is 467. The highest BCUT2D eigenvalue weighted by molar-refractivity contribution is 5.86. The molecule has 0 aliphatic carbocycles. The molecule has 0 aliphatic rings. The Labute approximate surface area is 104 Å². The van der Waals surface area contributed by atoms with Gasteiger partial charge in [0.25, 0.3) is 5.56 Å². The summed E-state index contributed by atoms with van der Waals surface area (Å²) in [6.07, 6.45) is 1.44. The first kappa shape index (κ1) is 16.4. The second-order valence-electron chi connectivity index (χ2n) is 2.27. The summed E-state index contributed by atoms with van der Waals surface area (Å²) < 4.78 is 0. The first-order valence-corrected chi connectivity index (χ1v) is 3.42. The maximum Gasteiger partial charge on any atom is 0.278 e. The first-order chi connectivity index (χ1) is 5.81. The zero-order valence-electron chi connectivity index (χ0n) is 7.60. The van der Waals surface area contributed by atoms with Gasteiger partial charge in [0.05, 0.1) is 6.33 Å². The molecular weight excluding hydrogens is 264 g/mol. The van der Waals surface area contributed by atoms with Gasteiger partial charge in [0.15, 0.2) is 11.2 Å². The van der Waals surface area contributed by atoms with E-state index in [0.29, 0.717) is 17.1 Å². The second kappa shape index (κ2) is 6.49. The number of halogens is 3. The Kier molecular flexibility index (Phi) is 7.12. The molecule has 0 saturated heterocycles. The number of anilines is 1. The fraction of sp³-hybridized carbons (Fsp3) is 0.167. The van der Waals surface area contributed by atoms with Crippen molar-refractivity contribution in [3.8, 4) is 0 Å². The van der Waals surface area contributed by atoms with E-state index in [0.717, 1.165) is 0 Å². The lowest BCUT2D eigenvalue weighted by Crippen LogP contribution is -2.11. The summed E-state index contributed by atoms with van der Waals surface area (Å²) >= 11 is 0. The van der Waals surface area contributed by atoms with Gasteiger partial charge in [-0.05, 0) is 0 Å². The predicted octanol–water partition coefficient (Wildman–Crippen LogP) is 0.953. The van der Waals surface area contributed by atoms with E-state index in [1.54, 1.807) is 7.05 Å². The van der Waals surface area contributed by atoms with Crippen molar-refractivity contribution in [2.24, 2.45) is 0 Å². The van der Waals surface area contributed by atoms with Crippen LogP contribution in [0.4, 0.5) is 5.95 Å². The van der Waals surface area contributed by atoms with E-state index in [1.165, 1.54) is 6.33 Å². The maximum absolute atomic E-state index is 11.2. The SMILES string of the molecule is CNc1nc2nc[nH]c2c(=O)[nH]1.Cl.Cl.Cl. The molecule has 0 aromatic carbocycles. The minimum Gasteiger partial charge on any atom is -0.359 e. The molecule has 0 aliphatic heterocycles. The van der Waals surface area contributed by atoms with Crippen LogP contribution in [0, 0.1) is 0 Å². The molecule has 2 aromatic heterocycles. The third-order valence-corrected chi connectivity index (χ3v) is 1.53. The van der Waals surface area contributed by atoms with E-state index in [-0.39, 0.29) is 42.8 Å². The van der Waals surface area contributed by atoms with Crippen LogP contribution in [-0.4, -0.2) is 27.0 Å². The Morgan fingerprint density at radius 3 is 2.60 bits per heavy atom. The number of hydrogen-bond acceptors (Lipinski definition) is 4. The molecule has 2 aromatic rings. The summed E-state index contributed by atoms with van der Waals surface area (Å²) in [6, 6.07) is 0. The molecule has 15 heavy (non-hydrogen) atoms. The average Bonchev–Trinajstić information content (AvgIpc) is 2.52. The summed E-state index contributed by atoms with van der Waals surface area (Å²) in [5.74, 6) is 0.416. The van der Waals surface area contributed by atoms with E-state index >= 15 is 0 Å². The van der Waals surface area contributed by atoms with Gasteiger partial charge in [0.2, 0.25) is 5.95 Å². The number of aromatic nitrogens is 4. The van der Waals surface area contributed by atoms with Gasteiger partial charge >= 0.3 is 0 Å². The van der Waals surface area contributed by atoms with Crippen LogP contribution >= 0.6 is 37.2 Å². The maximum atomic E-state index is 11.2. The molecule has 2 heterocycles. The molecule has 0 radical (unpaired) electrons. The third kappa shape index (κ3) is 2.98. The molecule has 2 rings (SSSR count). The van der Waals surface area contributed by atoms with Crippen molar-refractivity contribution in [2.45, 2.75) is 0 Å². The Hall–Kier alpha value is -0.980. The smallest absolute Gasteiger partial charge is 0.278 e. The van der Waals surface area contributed by atoms with Crippen molar-refractivity contribution in [1.82, 2.24) is 19.9 Å². The van der Waals surface area contributed by atoms with Gasteiger partial charge in [0, 0.05) is 7.05 Å². The minimum atomic E-state index is -0.221. The quantitative estimate of drug-likeness (QED) is 0.723. The number of nitrogens with zero attached hydrogens (tertiary/aromatic N) is 2. The number of fused-ring (bicyclic) bond motifs is 1. The van der Waals surface area contributed by atoms with Gasteiger partial charge in [-0.2, -0.15) is 4.98 Å². The summed E-state index contributed by atoms with van der Waals surface area (Å²) in [6.45, 7) is 0. The van der Waals surface area contributed by atoms with E-state index in [4.69, 9.17) is 0 Å². The lowest BCUT2D eigenvalue weighted by molar-refractivity contribution is 1.14. The van der Waals surface area contributed by atoms with Crippen molar-refractivity contribution in [3.05, 3.63) is 16.7 Å². The second-order valence-corrected chi connectivity index (χ2v) is 2.27. The van der Waals surface area contributed by atoms with E-state index < -0.39 is 0 Å². The van der Waals surface area contributed by atoms with Crippen LogP contribution in [0.25, 0.3) is 11.2 Å². The van der Waals surface area contributed by atoms with E-state index in [1.807, 2.05) is 0 Å². The van der Waals surface area contributed by atoms with Crippen LogP contribution in [0.1, 0.15) is 0 Å². The van der Waals surface area contributed by atoms with Crippen LogP contribution < -0.4 is 10.9 Å². The summed E-state index contributed by atoms with van der Waals surface area (Å²) in [5, 5.41) is 2.73. The molecule has 0 bridgehead atoms. The van der Waals surface area contributed by atoms with Crippen LogP contribution in [0.3, 0.4) is 0 Å². The zero-order chi connectivity index (χ0) is 8.55. The highest BCUT2D eigenvalue weighted by atomic mass is 35.5. The van der Waals surface area contributed by atoms with E-state index in [2.05, 4.69) is 25.3 Å². The zero-order valence-corrected chi connectivity index (χ0v) is 10.1. The lowest BCUT2D eigenvalue weighted by Gasteiger charge is -1.95. The standard InChI is InChI=1S/C6H7N5O.3ClH/c1-7-6-10-4-3(5(12)11-6)8-2-9-4;;;/h2H,1H3,(H3,7,8,9,10,11,12);3*1H. The third-order valence-electron chi connectivity index (χ3n) is 1.53. The molecule has 0 fully saturated rings. The normalized spacial score (nSPS) is 8.33. The molecule has 0 unspecified atom stereocenters. The Morgan fingerprint density at radius 1 is 1.33 bits per heavy atom. The number of aromatic amines is 2. The molecule has 6 nitrogen and oxygen atoms in total. The highest BCUT2D eigenvalue weighted by Crippen LogP contribution is 2.00. The molecular formula is C6H10Cl3N5O. The van der Waals surface area contributed by atoms with Gasteiger partial charge in [0.1, 0.15) is 0 Å². The Balaban J connectivity index is 0. The number of rotatable bonds is 1. The monoisotopic (exact) mass is 273 g/mol. The van der Waals surface area contributed by atoms with Crippen LogP contribution in [0.5, 0.6) is 0 Å². The summed E-state index contributed by atoms with van der Waals surface area (Å²) in [5.41, 5.74) is 0.596. The number of nitrogens with one attached hydrogen (secondary N) is 3. The van der Waals surface area contributed by atoms with Gasteiger partial charge in [-0.3, -0.25) is 9.78 Å². The van der Waals surface area contributed by atoms with Crippen molar-refractivity contribution in [1.29, 1.82) is 0 Å². The van der Waals surface area contributed by atoms with Crippen molar-refractivity contribution >= 4 is 54.3 Å². The molecule has 3 N–H and O–H groups in total. The van der Waals surface area contributed by atoms with Crippen LogP contribution in [-0.2, 0) is 0 Å². The number of hydrogen-bond donors (Lipinski definition) is 3.